The number of hydrogen-bond acceptors (Lipinski definition) is 3. The van der Waals surface area contributed by atoms with Crippen molar-refractivity contribution in [3.05, 3.63) is 0 Å². The van der Waals surface area contributed by atoms with Gasteiger partial charge in [0.1, 0.15) is 0 Å². The molecule has 1 unspecified atom stereocenters. The van der Waals surface area contributed by atoms with Gasteiger partial charge in [0.15, 0.2) is 0 Å². The van der Waals surface area contributed by atoms with E-state index in [2.05, 4.69) is 18.7 Å². The molecule has 2 heterocycles. The Morgan fingerprint density at radius 3 is 2.44 bits per heavy atom. The van der Waals surface area contributed by atoms with Gasteiger partial charge < -0.3 is 10.5 Å². The topological polar surface area (TPSA) is 38.5 Å². The van der Waals surface area contributed by atoms with E-state index in [9.17, 15) is 0 Å². The fourth-order valence-corrected chi connectivity index (χ4v) is 3.33. The molecule has 3 rings (SSSR count). The molecule has 2 saturated heterocycles. The zero-order valence-corrected chi connectivity index (χ0v) is 10.5. The first kappa shape index (κ1) is 11.0. The van der Waals surface area contributed by atoms with Crippen LogP contribution in [0.15, 0.2) is 0 Å². The first-order chi connectivity index (χ1) is 7.47. The van der Waals surface area contributed by atoms with Crippen LogP contribution in [0, 0.1) is 5.92 Å². The lowest BCUT2D eigenvalue weighted by Crippen LogP contribution is -2.69. The number of hydrogen-bond donors (Lipinski definition) is 1. The normalized spacial score (nSPS) is 37.3. The van der Waals surface area contributed by atoms with E-state index in [4.69, 9.17) is 10.5 Å². The van der Waals surface area contributed by atoms with E-state index in [1.54, 1.807) is 0 Å². The van der Waals surface area contributed by atoms with E-state index < -0.39 is 0 Å². The maximum absolute atomic E-state index is 6.34. The highest BCUT2D eigenvalue weighted by Crippen LogP contribution is 2.43. The molecule has 3 fully saturated rings. The van der Waals surface area contributed by atoms with Gasteiger partial charge in [-0.15, -0.1) is 0 Å². The average molecular weight is 224 g/mol. The molecule has 0 aromatic rings. The maximum atomic E-state index is 6.34. The van der Waals surface area contributed by atoms with Crippen LogP contribution in [0.1, 0.15) is 39.5 Å². The summed E-state index contributed by atoms with van der Waals surface area (Å²) in [6.07, 6.45) is 5.57. The van der Waals surface area contributed by atoms with Gasteiger partial charge in [0.05, 0.1) is 11.7 Å². The SMILES string of the molecule is CC1(C)CCC(CN2CC(N)(C3CC3)C2)O1. The predicted octanol–water partition coefficient (Wildman–Crippen LogP) is 1.37. The van der Waals surface area contributed by atoms with Gasteiger partial charge >= 0.3 is 0 Å². The van der Waals surface area contributed by atoms with Crippen LogP contribution in [-0.4, -0.2) is 41.8 Å². The van der Waals surface area contributed by atoms with Crippen LogP contribution in [0.3, 0.4) is 0 Å². The lowest BCUT2D eigenvalue weighted by molar-refractivity contribution is -0.0509. The zero-order valence-electron chi connectivity index (χ0n) is 10.5. The Balaban J connectivity index is 1.45. The summed E-state index contributed by atoms with van der Waals surface area (Å²) in [5.74, 6) is 0.824. The fraction of sp³-hybridized carbons (Fsp3) is 1.00. The molecule has 1 saturated carbocycles. The van der Waals surface area contributed by atoms with Gasteiger partial charge in [-0.1, -0.05) is 0 Å². The van der Waals surface area contributed by atoms with Crippen molar-refractivity contribution in [3.63, 3.8) is 0 Å². The van der Waals surface area contributed by atoms with Crippen LogP contribution < -0.4 is 5.73 Å². The zero-order chi connectivity index (χ0) is 11.4. The lowest BCUT2D eigenvalue weighted by Gasteiger charge is -2.49. The van der Waals surface area contributed by atoms with E-state index in [1.807, 2.05) is 0 Å². The summed E-state index contributed by atoms with van der Waals surface area (Å²) in [6.45, 7) is 7.67. The van der Waals surface area contributed by atoms with Gasteiger partial charge in [-0.25, -0.2) is 0 Å². The molecule has 2 N–H and O–H groups in total. The smallest absolute Gasteiger partial charge is 0.0710 e. The Morgan fingerprint density at radius 1 is 1.25 bits per heavy atom. The molecule has 3 aliphatic rings. The second-order valence-electron chi connectivity index (χ2n) is 6.72. The number of likely N-dealkylation sites (tertiary alicyclic amines) is 1. The predicted molar refractivity (Wildman–Crippen MR) is 64.3 cm³/mol. The molecule has 0 aromatic carbocycles. The van der Waals surface area contributed by atoms with Crippen LogP contribution >= 0.6 is 0 Å². The third-order valence-corrected chi connectivity index (χ3v) is 4.44. The second kappa shape index (κ2) is 3.44. The van der Waals surface area contributed by atoms with Gasteiger partial charge in [0.25, 0.3) is 0 Å². The molecule has 3 nitrogen and oxygen atoms in total. The van der Waals surface area contributed by atoms with Crippen molar-refractivity contribution in [1.82, 2.24) is 4.90 Å². The van der Waals surface area contributed by atoms with Gasteiger partial charge in [0, 0.05) is 25.2 Å². The average Bonchev–Trinajstić information content (AvgIpc) is 2.90. The van der Waals surface area contributed by atoms with Crippen LogP contribution in [0.5, 0.6) is 0 Å². The second-order valence-corrected chi connectivity index (χ2v) is 6.72. The van der Waals surface area contributed by atoms with Crippen molar-refractivity contribution in [1.29, 1.82) is 0 Å². The summed E-state index contributed by atoms with van der Waals surface area (Å²) in [5.41, 5.74) is 6.61. The molecule has 16 heavy (non-hydrogen) atoms. The minimum absolute atomic E-state index is 0.103. The molecule has 0 bridgehead atoms. The summed E-state index contributed by atoms with van der Waals surface area (Å²) in [6, 6.07) is 0. The summed E-state index contributed by atoms with van der Waals surface area (Å²) >= 11 is 0. The molecule has 92 valence electrons. The van der Waals surface area contributed by atoms with Crippen molar-refractivity contribution in [2.75, 3.05) is 19.6 Å². The van der Waals surface area contributed by atoms with E-state index in [0.717, 1.165) is 25.6 Å². The summed E-state index contributed by atoms with van der Waals surface area (Å²) < 4.78 is 6.02. The van der Waals surface area contributed by atoms with Crippen molar-refractivity contribution in [3.8, 4) is 0 Å². The number of ether oxygens (including phenoxy) is 1. The van der Waals surface area contributed by atoms with Crippen molar-refractivity contribution in [2.24, 2.45) is 11.7 Å². The number of nitrogens with two attached hydrogens (primary N) is 1. The summed E-state index contributed by atoms with van der Waals surface area (Å²) in [5, 5.41) is 0. The Morgan fingerprint density at radius 2 is 1.94 bits per heavy atom. The van der Waals surface area contributed by atoms with Crippen molar-refractivity contribution < 1.29 is 4.74 Å². The van der Waals surface area contributed by atoms with Gasteiger partial charge in [-0.3, -0.25) is 4.90 Å². The lowest BCUT2D eigenvalue weighted by atomic mass is 9.85. The molecule has 0 radical (unpaired) electrons. The first-order valence-corrected chi connectivity index (χ1v) is 6.66. The monoisotopic (exact) mass is 224 g/mol. The Kier molecular flexibility index (Phi) is 2.36. The molecule has 0 aromatic heterocycles. The summed E-state index contributed by atoms with van der Waals surface area (Å²) in [4.78, 5) is 2.48. The first-order valence-electron chi connectivity index (χ1n) is 6.66. The Hall–Kier alpha value is -0.120. The minimum Gasteiger partial charge on any atom is -0.371 e. The Labute approximate surface area is 98.3 Å². The number of nitrogens with zero attached hydrogens (tertiary/aromatic N) is 1. The fourth-order valence-electron chi connectivity index (χ4n) is 3.33. The van der Waals surface area contributed by atoms with Crippen molar-refractivity contribution in [2.45, 2.75) is 56.8 Å². The highest BCUT2D eigenvalue weighted by molar-refractivity contribution is 5.09. The van der Waals surface area contributed by atoms with Crippen LogP contribution in [0.2, 0.25) is 0 Å². The van der Waals surface area contributed by atoms with E-state index >= 15 is 0 Å². The molecule has 0 spiro atoms. The molecular weight excluding hydrogens is 200 g/mol. The van der Waals surface area contributed by atoms with Crippen LogP contribution in [-0.2, 0) is 4.74 Å². The maximum Gasteiger partial charge on any atom is 0.0710 e. The van der Waals surface area contributed by atoms with Gasteiger partial charge in [-0.05, 0) is 45.4 Å². The molecule has 2 aliphatic heterocycles. The van der Waals surface area contributed by atoms with E-state index in [-0.39, 0.29) is 11.1 Å². The largest absolute Gasteiger partial charge is 0.371 e. The third kappa shape index (κ3) is 2.01. The third-order valence-electron chi connectivity index (χ3n) is 4.44. The minimum atomic E-state index is 0.103. The quantitative estimate of drug-likeness (QED) is 0.787. The highest BCUT2D eigenvalue weighted by Gasteiger charge is 2.50. The van der Waals surface area contributed by atoms with Crippen molar-refractivity contribution >= 4 is 0 Å². The standard InChI is InChI=1S/C13H24N2O/c1-12(2)6-5-11(16-12)7-15-8-13(14,9-15)10-3-4-10/h10-11H,3-9,14H2,1-2H3. The number of rotatable bonds is 3. The van der Waals surface area contributed by atoms with Gasteiger partial charge in [-0.2, -0.15) is 0 Å². The summed E-state index contributed by atoms with van der Waals surface area (Å²) in [7, 11) is 0. The van der Waals surface area contributed by atoms with Crippen LogP contribution in [0.4, 0.5) is 0 Å². The van der Waals surface area contributed by atoms with E-state index in [1.165, 1.54) is 25.7 Å². The molecule has 1 aliphatic carbocycles. The molecule has 3 heteroatoms. The Bertz CT molecular complexity index is 280. The van der Waals surface area contributed by atoms with Crippen LogP contribution in [0.25, 0.3) is 0 Å². The highest BCUT2D eigenvalue weighted by atomic mass is 16.5. The molecule has 0 amide bonds. The van der Waals surface area contributed by atoms with E-state index in [0.29, 0.717) is 6.10 Å². The molecular formula is C13H24N2O. The van der Waals surface area contributed by atoms with Gasteiger partial charge in [0.2, 0.25) is 0 Å². The molecule has 1 atom stereocenters.